The largest absolute Gasteiger partial charge is 0.331 e. The summed E-state index contributed by atoms with van der Waals surface area (Å²) in [7, 11) is 0. The summed E-state index contributed by atoms with van der Waals surface area (Å²) in [5.41, 5.74) is 0. The molecule has 1 unspecified atom stereocenters. The van der Waals surface area contributed by atoms with Crippen LogP contribution in [0.15, 0.2) is 0 Å². The first-order valence-corrected chi connectivity index (χ1v) is 4.84. The lowest BCUT2D eigenvalue weighted by atomic mass is 10.4. The van der Waals surface area contributed by atoms with Crippen molar-refractivity contribution in [2.75, 3.05) is 13.1 Å². The van der Waals surface area contributed by atoms with Crippen molar-refractivity contribution < 1.29 is 4.79 Å². The topological polar surface area (TPSA) is 20.3 Å². The monoisotopic (exact) mass is 263 g/mol. The summed E-state index contributed by atoms with van der Waals surface area (Å²) in [5, 5.41) is 0. The van der Waals surface area contributed by atoms with Gasteiger partial charge in [0, 0.05) is 17.0 Å². The molecular formula is C8H10INO. The molecule has 1 rings (SSSR count). The van der Waals surface area contributed by atoms with Crippen molar-refractivity contribution in [2.24, 2.45) is 0 Å². The highest BCUT2D eigenvalue weighted by molar-refractivity contribution is 14.1. The van der Waals surface area contributed by atoms with E-state index in [1.165, 1.54) is 0 Å². The molecule has 0 aromatic heterocycles. The van der Waals surface area contributed by atoms with Crippen LogP contribution >= 0.6 is 22.6 Å². The lowest BCUT2D eigenvalue weighted by Gasteiger charge is -2.10. The SMILES string of the molecule is CC#CC(=O)N1CCC(I)C1. The predicted octanol–water partition coefficient (Wildman–Crippen LogP) is 1.05. The minimum absolute atomic E-state index is 0.0216. The van der Waals surface area contributed by atoms with E-state index in [-0.39, 0.29) is 5.91 Å². The molecule has 0 saturated carbocycles. The lowest BCUT2D eigenvalue weighted by Crippen LogP contribution is -2.27. The second kappa shape index (κ2) is 3.96. The quantitative estimate of drug-likeness (QED) is 0.363. The summed E-state index contributed by atoms with van der Waals surface area (Å²) in [6.07, 6.45) is 1.11. The molecule has 0 N–H and O–H groups in total. The molecule has 11 heavy (non-hydrogen) atoms. The number of rotatable bonds is 0. The van der Waals surface area contributed by atoms with Crippen LogP contribution in [0.5, 0.6) is 0 Å². The van der Waals surface area contributed by atoms with Crippen LogP contribution in [-0.2, 0) is 4.79 Å². The molecule has 3 heteroatoms. The zero-order valence-corrected chi connectivity index (χ0v) is 8.59. The van der Waals surface area contributed by atoms with Crippen molar-refractivity contribution in [3.8, 4) is 11.8 Å². The van der Waals surface area contributed by atoms with Crippen LogP contribution in [0.3, 0.4) is 0 Å². The number of carbonyl (C=O) groups is 1. The summed E-state index contributed by atoms with van der Waals surface area (Å²) < 4.78 is 0.621. The van der Waals surface area contributed by atoms with Gasteiger partial charge in [-0.3, -0.25) is 4.79 Å². The number of amides is 1. The highest BCUT2D eigenvalue weighted by Gasteiger charge is 2.22. The number of halogens is 1. The first kappa shape index (κ1) is 8.85. The van der Waals surface area contributed by atoms with Crippen molar-refractivity contribution in [1.82, 2.24) is 4.90 Å². The number of alkyl halides is 1. The van der Waals surface area contributed by atoms with E-state index in [9.17, 15) is 4.79 Å². The van der Waals surface area contributed by atoms with Crippen LogP contribution in [0.1, 0.15) is 13.3 Å². The van der Waals surface area contributed by atoms with Crippen LogP contribution in [0.4, 0.5) is 0 Å². The van der Waals surface area contributed by atoms with E-state index in [1.807, 2.05) is 4.90 Å². The van der Waals surface area contributed by atoms with E-state index in [2.05, 4.69) is 34.4 Å². The van der Waals surface area contributed by atoms with E-state index >= 15 is 0 Å². The Morgan fingerprint density at radius 2 is 2.45 bits per heavy atom. The number of hydrogen-bond acceptors (Lipinski definition) is 1. The molecule has 1 saturated heterocycles. The second-order valence-corrected chi connectivity index (χ2v) is 4.27. The highest BCUT2D eigenvalue weighted by atomic mass is 127. The zero-order chi connectivity index (χ0) is 8.27. The van der Waals surface area contributed by atoms with Crippen molar-refractivity contribution in [2.45, 2.75) is 17.3 Å². The third-order valence-electron chi connectivity index (χ3n) is 1.65. The average molecular weight is 263 g/mol. The first-order valence-electron chi connectivity index (χ1n) is 3.59. The molecule has 0 radical (unpaired) electrons. The molecule has 1 fully saturated rings. The Bertz CT molecular complexity index is 216. The minimum Gasteiger partial charge on any atom is -0.331 e. The van der Waals surface area contributed by atoms with Gasteiger partial charge in [0.25, 0.3) is 5.91 Å². The molecule has 0 aliphatic carbocycles. The smallest absolute Gasteiger partial charge is 0.298 e. The van der Waals surface area contributed by atoms with Crippen molar-refractivity contribution in [3.63, 3.8) is 0 Å². The van der Waals surface area contributed by atoms with Gasteiger partial charge in [0.1, 0.15) is 0 Å². The van der Waals surface area contributed by atoms with Gasteiger partial charge in [-0.15, -0.1) is 0 Å². The standard InChI is InChI=1S/C8H10INO/c1-2-3-8(11)10-5-4-7(9)6-10/h7H,4-6H2,1H3. The number of nitrogens with zero attached hydrogens (tertiary/aromatic N) is 1. The van der Waals surface area contributed by atoms with Crippen LogP contribution < -0.4 is 0 Å². The number of hydrogen-bond donors (Lipinski definition) is 0. The molecule has 1 aliphatic heterocycles. The van der Waals surface area contributed by atoms with Crippen molar-refractivity contribution in [1.29, 1.82) is 0 Å². The van der Waals surface area contributed by atoms with Crippen molar-refractivity contribution in [3.05, 3.63) is 0 Å². The Morgan fingerprint density at radius 1 is 1.73 bits per heavy atom. The molecule has 60 valence electrons. The van der Waals surface area contributed by atoms with Gasteiger partial charge in [-0.1, -0.05) is 28.5 Å². The Hall–Kier alpha value is -0.240. The molecular weight excluding hydrogens is 253 g/mol. The summed E-state index contributed by atoms with van der Waals surface area (Å²) in [6, 6.07) is 0. The van der Waals surface area contributed by atoms with Gasteiger partial charge in [-0.25, -0.2) is 0 Å². The van der Waals surface area contributed by atoms with Gasteiger partial charge < -0.3 is 4.90 Å². The molecule has 1 heterocycles. The Morgan fingerprint density at radius 3 is 2.91 bits per heavy atom. The number of carbonyl (C=O) groups excluding carboxylic acids is 1. The molecule has 1 amide bonds. The Kier molecular flexibility index (Phi) is 3.18. The molecule has 1 aliphatic rings. The van der Waals surface area contributed by atoms with Gasteiger partial charge in [-0.2, -0.15) is 0 Å². The van der Waals surface area contributed by atoms with E-state index in [1.54, 1.807) is 6.92 Å². The molecule has 2 nitrogen and oxygen atoms in total. The maximum Gasteiger partial charge on any atom is 0.298 e. The van der Waals surface area contributed by atoms with Crippen molar-refractivity contribution >= 4 is 28.5 Å². The second-order valence-electron chi connectivity index (χ2n) is 2.51. The molecule has 0 bridgehead atoms. The van der Waals surface area contributed by atoms with Crippen LogP contribution in [0.2, 0.25) is 0 Å². The molecule has 0 aromatic carbocycles. The summed E-state index contributed by atoms with van der Waals surface area (Å²) >= 11 is 2.37. The van der Waals surface area contributed by atoms with Gasteiger partial charge in [0.05, 0.1) is 0 Å². The summed E-state index contributed by atoms with van der Waals surface area (Å²) in [4.78, 5) is 13.0. The summed E-state index contributed by atoms with van der Waals surface area (Å²) in [6.45, 7) is 3.44. The van der Waals surface area contributed by atoms with E-state index < -0.39 is 0 Å². The third-order valence-corrected chi connectivity index (χ3v) is 2.67. The highest BCUT2D eigenvalue weighted by Crippen LogP contribution is 2.16. The van der Waals surface area contributed by atoms with Crippen LogP contribution in [0, 0.1) is 11.8 Å². The lowest BCUT2D eigenvalue weighted by molar-refractivity contribution is -0.124. The Labute approximate surface area is 80.5 Å². The molecule has 0 aromatic rings. The molecule has 1 atom stereocenters. The van der Waals surface area contributed by atoms with Crippen LogP contribution in [0.25, 0.3) is 0 Å². The predicted molar refractivity (Wildman–Crippen MR) is 52.5 cm³/mol. The maximum atomic E-state index is 11.1. The fourth-order valence-electron chi connectivity index (χ4n) is 1.09. The minimum atomic E-state index is -0.0216. The van der Waals surface area contributed by atoms with Crippen LogP contribution in [-0.4, -0.2) is 27.8 Å². The van der Waals surface area contributed by atoms with E-state index in [0.717, 1.165) is 19.5 Å². The zero-order valence-electron chi connectivity index (χ0n) is 6.43. The normalized spacial score (nSPS) is 22.7. The third kappa shape index (κ3) is 2.37. The average Bonchev–Trinajstić information content (AvgIpc) is 2.36. The van der Waals surface area contributed by atoms with Gasteiger partial charge >= 0.3 is 0 Å². The first-order chi connectivity index (χ1) is 5.24. The summed E-state index contributed by atoms with van der Waals surface area (Å²) in [5.74, 6) is 5.14. The van der Waals surface area contributed by atoms with Gasteiger partial charge in [-0.05, 0) is 19.3 Å². The van der Waals surface area contributed by atoms with Gasteiger partial charge in [0.15, 0.2) is 0 Å². The number of likely N-dealkylation sites (tertiary alicyclic amines) is 1. The maximum absolute atomic E-state index is 11.1. The fourth-order valence-corrected chi connectivity index (χ4v) is 1.84. The fraction of sp³-hybridized carbons (Fsp3) is 0.625. The molecule has 0 spiro atoms. The Balaban J connectivity index is 2.47. The van der Waals surface area contributed by atoms with E-state index in [0.29, 0.717) is 3.92 Å². The van der Waals surface area contributed by atoms with Gasteiger partial charge in [0.2, 0.25) is 0 Å². The van der Waals surface area contributed by atoms with E-state index in [4.69, 9.17) is 0 Å².